The van der Waals surface area contributed by atoms with Crippen LogP contribution in [-0.4, -0.2) is 24.8 Å². The molecule has 0 aromatic rings. The fourth-order valence-electron chi connectivity index (χ4n) is 3.08. The van der Waals surface area contributed by atoms with Crippen molar-refractivity contribution in [3.8, 4) is 0 Å². The average molecular weight is 250 g/mol. The van der Waals surface area contributed by atoms with Gasteiger partial charge in [-0.1, -0.05) is 12.8 Å². The van der Waals surface area contributed by atoms with Crippen LogP contribution in [0.5, 0.6) is 0 Å². The average Bonchev–Trinajstić information content (AvgIpc) is 3.10. The zero-order valence-corrected chi connectivity index (χ0v) is 10.0. The Hall–Kier alpha value is -0.290. The fraction of sp³-hybridized carbons (Fsp3) is 1.00. The Kier molecular flexibility index (Phi) is 3.69. The summed E-state index contributed by atoms with van der Waals surface area (Å²) in [5.74, 6) is 1.35. The first kappa shape index (κ1) is 13.1. The first-order valence-corrected chi connectivity index (χ1v) is 6.46. The zero-order valence-electron chi connectivity index (χ0n) is 10.0. The molecule has 0 bridgehead atoms. The van der Waals surface area contributed by atoms with Crippen LogP contribution >= 0.6 is 0 Å². The molecule has 2 nitrogen and oxygen atoms in total. The number of alkyl halides is 3. The zero-order chi connectivity index (χ0) is 12.5. The molecule has 0 aromatic carbocycles. The summed E-state index contributed by atoms with van der Waals surface area (Å²) in [6.07, 6.45) is 2.14. The van der Waals surface area contributed by atoms with E-state index in [1.165, 1.54) is 19.3 Å². The summed E-state index contributed by atoms with van der Waals surface area (Å²) in [7, 11) is 0. The SMILES string of the molecule is NCC1(NCC(F)(F)F)CCCC(C2CC2)C1. The molecule has 0 spiro atoms. The number of nitrogens with two attached hydrogens (primary N) is 1. The second-order valence-electron chi connectivity index (χ2n) is 5.65. The maximum absolute atomic E-state index is 12.3. The lowest BCUT2D eigenvalue weighted by Gasteiger charge is -2.41. The third-order valence-corrected chi connectivity index (χ3v) is 4.23. The van der Waals surface area contributed by atoms with Crippen molar-refractivity contribution < 1.29 is 13.2 Å². The van der Waals surface area contributed by atoms with E-state index in [1.807, 2.05) is 0 Å². The number of halogens is 3. The summed E-state index contributed by atoms with van der Waals surface area (Å²) in [4.78, 5) is 0. The molecule has 2 fully saturated rings. The minimum Gasteiger partial charge on any atom is -0.329 e. The summed E-state index contributed by atoms with van der Waals surface area (Å²) < 4.78 is 36.8. The Balaban J connectivity index is 1.92. The van der Waals surface area contributed by atoms with Crippen LogP contribution in [0.25, 0.3) is 0 Å². The van der Waals surface area contributed by atoms with Gasteiger partial charge in [-0.25, -0.2) is 0 Å². The molecule has 5 heteroatoms. The summed E-state index contributed by atoms with van der Waals surface area (Å²) in [6.45, 7) is -0.603. The van der Waals surface area contributed by atoms with E-state index in [-0.39, 0.29) is 0 Å². The van der Waals surface area contributed by atoms with Crippen molar-refractivity contribution >= 4 is 0 Å². The van der Waals surface area contributed by atoms with E-state index in [1.54, 1.807) is 0 Å². The van der Waals surface area contributed by atoms with Gasteiger partial charge >= 0.3 is 6.18 Å². The van der Waals surface area contributed by atoms with Crippen molar-refractivity contribution in [2.75, 3.05) is 13.1 Å². The van der Waals surface area contributed by atoms with Gasteiger partial charge < -0.3 is 11.1 Å². The van der Waals surface area contributed by atoms with Crippen LogP contribution in [0.3, 0.4) is 0 Å². The standard InChI is InChI=1S/C12H21F3N2/c13-12(14,15)8-17-11(7-16)5-1-2-10(6-11)9-3-4-9/h9-10,17H,1-8,16H2. The van der Waals surface area contributed by atoms with Gasteiger partial charge in [0.05, 0.1) is 6.54 Å². The van der Waals surface area contributed by atoms with Crippen molar-refractivity contribution in [2.24, 2.45) is 17.6 Å². The van der Waals surface area contributed by atoms with Gasteiger partial charge in [0, 0.05) is 12.1 Å². The summed E-state index contributed by atoms with van der Waals surface area (Å²) in [5.41, 5.74) is 5.25. The van der Waals surface area contributed by atoms with Crippen LogP contribution in [0.2, 0.25) is 0 Å². The highest BCUT2D eigenvalue weighted by Gasteiger charge is 2.42. The highest BCUT2D eigenvalue weighted by atomic mass is 19.4. The Morgan fingerprint density at radius 1 is 1.18 bits per heavy atom. The molecule has 0 aliphatic heterocycles. The quantitative estimate of drug-likeness (QED) is 0.804. The Labute approximate surface area is 100 Å². The maximum Gasteiger partial charge on any atom is 0.401 e. The van der Waals surface area contributed by atoms with E-state index < -0.39 is 18.3 Å². The largest absolute Gasteiger partial charge is 0.401 e. The van der Waals surface area contributed by atoms with Gasteiger partial charge in [-0.15, -0.1) is 0 Å². The van der Waals surface area contributed by atoms with Gasteiger partial charge in [0.2, 0.25) is 0 Å². The van der Waals surface area contributed by atoms with Crippen LogP contribution in [0.1, 0.15) is 38.5 Å². The molecule has 0 heterocycles. The predicted molar refractivity (Wildman–Crippen MR) is 60.5 cm³/mol. The monoisotopic (exact) mass is 250 g/mol. The highest BCUT2D eigenvalue weighted by Crippen LogP contribution is 2.46. The van der Waals surface area contributed by atoms with E-state index in [4.69, 9.17) is 5.73 Å². The molecular weight excluding hydrogens is 229 g/mol. The van der Waals surface area contributed by atoms with Gasteiger partial charge in [0.15, 0.2) is 0 Å². The minimum absolute atomic E-state index is 0.312. The summed E-state index contributed by atoms with van der Waals surface area (Å²) in [5, 5.41) is 2.69. The van der Waals surface area contributed by atoms with Crippen LogP contribution in [0.15, 0.2) is 0 Å². The molecule has 2 unspecified atom stereocenters. The first-order chi connectivity index (χ1) is 7.94. The van der Waals surface area contributed by atoms with Crippen molar-refractivity contribution in [2.45, 2.75) is 50.2 Å². The van der Waals surface area contributed by atoms with E-state index in [0.29, 0.717) is 12.5 Å². The van der Waals surface area contributed by atoms with E-state index in [2.05, 4.69) is 5.32 Å². The van der Waals surface area contributed by atoms with Crippen molar-refractivity contribution in [1.82, 2.24) is 5.32 Å². The molecular formula is C12H21F3N2. The topological polar surface area (TPSA) is 38.0 Å². The molecule has 2 aliphatic carbocycles. The lowest BCUT2D eigenvalue weighted by Crippen LogP contribution is -2.56. The second kappa shape index (κ2) is 4.76. The van der Waals surface area contributed by atoms with Crippen LogP contribution in [0, 0.1) is 11.8 Å². The van der Waals surface area contributed by atoms with Gasteiger partial charge in [-0.2, -0.15) is 13.2 Å². The molecule has 0 amide bonds. The van der Waals surface area contributed by atoms with Crippen molar-refractivity contribution in [3.63, 3.8) is 0 Å². The molecule has 100 valence electrons. The number of rotatable bonds is 4. The normalized spacial score (nSPS) is 34.9. The number of nitrogens with one attached hydrogen (secondary N) is 1. The number of hydrogen-bond acceptors (Lipinski definition) is 2. The molecule has 2 atom stereocenters. The Morgan fingerprint density at radius 2 is 1.88 bits per heavy atom. The molecule has 2 aliphatic rings. The van der Waals surface area contributed by atoms with Gasteiger partial charge in [-0.05, 0) is 37.5 Å². The third-order valence-electron chi connectivity index (χ3n) is 4.23. The molecule has 0 radical (unpaired) electrons. The number of hydrogen-bond donors (Lipinski definition) is 2. The predicted octanol–water partition coefficient (Wildman–Crippen LogP) is 2.44. The second-order valence-corrected chi connectivity index (χ2v) is 5.65. The lowest BCUT2D eigenvalue weighted by atomic mass is 9.73. The van der Waals surface area contributed by atoms with E-state index in [0.717, 1.165) is 25.2 Å². The molecule has 0 aromatic heterocycles. The maximum atomic E-state index is 12.3. The summed E-state index contributed by atoms with van der Waals surface area (Å²) >= 11 is 0. The molecule has 3 N–H and O–H groups in total. The Morgan fingerprint density at radius 3 is 2.41 bits per heavy atom. The highest BCUT2D eigenvalue weighted by molar-refractivity contribution is 4.98. The van der Waals surface area contributed by atoms with Crippen molar-refractivity contribution in [3.05, 3.63) is 0 Å². The van der Waals surface area contributed by atoms with E-state index in [9.17, 15) is 13.2 Å². The van der Waals surface area contributed by atoms with E-state index >= 15 is 0 Å². The van der Waals surface area contributed by atoms with Gasteiger partial charge in [0.1, 0.15) is 0 Å². The fourth-order valence-corrected chi connectivity index (χ4v) is 3.08. The van der Waals surface area contributed by atoms with Gasteiger partial charge in [-0.3, -0.25) is 0 Å². The smallest absolute Gasteiger partial charge is 0.329 e. The lowest BCUT2D eigenvalue weighted by molar-refractivity contribution is -0.130. The van der Waals surface area contributed by atoms with Gasteiger partial charge in [0.25, 0.3) is 0 Å². The molecule has 2 rings (SSSR count). The first-order valence-electron chi connectivity index (χ1n) is 6.46. The molecule has 0 saturated heterocycles. The third kappa shape index (κ3) is 3.58. The Bertz CT molecular complexity index is 263. The van der Waals surface area contributed by atoms with Crippen molar-refractivity contribution in [1.29, 1.82) is 0 Å². The summed E-state index contributed by atoms with van der Waals surface area (Å²) in [6, 6.07) is 0. The molecule has 17 heavy (non-hydrogen) atoms. The van der Waals surface area contributed by atoms with Crippen LogP contribution in [0.4, 0.5) is 13.2 Å². The minimum atomic E-state index is -4.14. The van der Waals surface area contributed by atoms with Crippen LogP contribution in [-0.2, 0) is 0 Å². The van der Waals surface area contributed by atoms with Crippen LogP contribution < -0.4 is 11.1 Å². The molecule has 2 saturated carbocycles.